The molecule has 0 bridgehead atoms. The fourth-order valence-corrected chi connectivity index (χ4v) is 3.09. The third-order valence-corrected chi connectivity index (χ3v) is 4.24. The van der Waals surface area contributed by atoms with Crippen molar-refractivity contribution >= 4 is 40.6 Å². The van der Waals surface area contributed by atoms with E-state index in [4.69, 9.17) is 17.3 Å². The first-order valence-corrected chi connectivity index (χ1v) is 6.37. The fourth-order valence-electron chi connectivity index (χ4n) is 0.925. The molecule has 0 saturated heterocycles. The molecule has 1 heterocycles. The normalized spacial score (nSPS) is 10.3. The van der Waals surface area contributed by atoms with Crippen molar-refractivity contribution in [2.24, 2.45) is 5.73 Å². The molecule has 15 heavy (non-hydrogen) atoms. The number of amides is 1. The molecule has 0 aliphatic carbocycles. The second-order valence-electron chi connectivity index (χ2n) is 2.94. The van der Waals surface area contributed by atoms with E-state index >= 15 is 0 Å². The third-order valence-electron chi connectivity index (χ3n) is 1.56. The first kappa shape index (κ1) is 12.5. The van der Waals surface area contributed by atoms with Crippen molar-refractivity contribution in [3.63, 3.8) is 0 Å². The molecule has 2 N–H and O–H groups in total. The Morgan fingerprint density at radius 3 is 2.93 bits per heavy atom. The van der Waals surface area contributed by atoms with Gasteiger partial charge in [-0.2, -0.15) is 0 Å². The number of aromatic nitrogens is 1. The minimum atomic E-state index is -0.333. The number of carbonyl (C=O) groups is 1. The molecule has 0 unspecified atom stereocenters. The van der Waals surface area contributed by atoms with Gasteiger partial charge in [0.1, 0.15) is 0 Å². The summed E-state index contributed by atoms with van der Waals surface area (Å²) in [6, 6.07) is 0. The highest BCUT2D eigenvalue weighted by Crippen LogP contribution is 2.28. The number of aryl methyl sites for hydroxylation is 1. The maximum absolute atomic E-state index is 10.8. The average Bonchev–Trinajstić information content (AvgIpc) is 2.43. The highest BCUT2D eigenvalue weighted by Gasteiger charge is 2.10. The molecule has 0 atom stereocenters. The smallest absolute Gasteiger partial charge is 0.222 e. The number of thiazole rings is 1. The highest BCUT2D eigenvalue weighted by molar-refractivity contribution is 8.01. The molecule has 0 saturated carbocycles. The van der Waals surface area contributed by atoms with Crippen molar-refractivity contribution in [3.8, 4) is 0 Å². The lowest BCUT2D eigenvalue weighted by Gasteiger charge is -1.92. The topological polar surface area (TPSA) is 56.0 Å². The Labute approximate surface area is 102 Å². The SMILES string of the molecule is C=C(Cl)CSc1nc(C)c(CC(N)=O)s1. The Morgan fingerprint density at radius 2 is 2.40 bits per heavy atom. The number of primary amides is 1. The number of nitrogens with zero attached hydrogens (tertiary/aromatic N) is 1. The van der Waals surface area contributed by atoms with E-state index in [-0.39, 0.29) is 12.3 Å². The van der Waals surface area contributed by atoms with Crippen LogP contribution in [0.3, 0.4) is 0 Å². The molecule has 1 aromatic rings. The number of carbonyl (C=O) groups excluding carboxylic acids is 1. The lowest BCUT2D eigenvalue weighted by atomic mass is 10.3. The molecule has 0 aliphatic rings. The van der Waals surface area contributed by atoms with E-state index in [2.05, 4.69) is 11.6 Å². The zero-order chi connectivity index (χ0) is 11.4. The van der Waals surface area contributed by atoms with Crippen molar-refractivity contribution in [3.05, 3.63) is 22.2 Å². The van der Waals surface area contributed by atoms with Crippen LogP contribution in [0.25, 0.3) is 0 Å². The molecule has 1 rings (SSSR count). The molecule has 3 nitrogen and oxygen atoms in total. The number of hydrogen-bond acceptors (Lipinski definition) is 4. The van der Waals surface area contributed by atoms with Crippen LogP contribution in [0.4, 0.5) is 0 Å². The summed E-state index contributed by atoms with van der Waals surface area (Å²) in [7, 11) is 0. The van der Waals surface area contributed by atoms with Gasteiger partial charge in [0.05, 0.1) is 12.1 Å². The van der Waals surface area contributed by atoms with Gasteiger partial charge in [-0.3, -0.25) is 4.79 Å². The first-order valence-electron chi connectivity index (χ1n) is 4.19. The van der Waals surface area contributed by atoms with E-state index in [1.165, 1.54) is 23.1 Å². The van der Waals surface area contributed by atoms with E-state index < -0.39 is 0 Å². The monoisotopic (exact) mass is 262 g/mol. The predicted octanol–water partition coefficient (Wildman–Crippen LogP) is 2.32. The molecule has 1 amide bonds. The molecule has 0 radical (unpaired) electrons. The average molecular weight is 263 g/mol. The molecule has 0 spiro atoms. The summed E-state index contributed by atoms with van der Waals surface area (Å²) in [5.74, 6) is 0.296. The van der Waals surface area contributed by atoms with Crippen LogP contribution in [0.1, 0.15) is 10.6 Å². The molecular formula is C9H11ClN2OS2. The number of thioether (sulfide) groups is 1. The van der Waals surface area contributed by atoms with Crippen LogP contribution >= 0.6 is 34.7 Å². The van der Waals surface area contributed by atoms with Crippen molar-refractivity contribution in [1.29, 1.82) is 0 Å². The zero-order valence-corrected chi connectivity index (χ0v) is 10.6. The van der Waals surface area contributed by atoms with Crippen molar-refractivity contribution in [2.45, 2.75) is 17.7 Å². The van der Waals surface area contributed by atoms with E-state index in [0.717, 1.165) is 14.9 Å². The summed E-state index contributed by atoms with van der Waals surface area (Å²) in [5.41, 5.74) is 5.99. The Kier molecular flexibility index (Phi) is 4.63. The molecule has 82 valence electrons. The van der Waals surface area contributed by atoms with Gasteiger partial charge in [-0.25, -0.2) is 4.98 Å². The van der Waals surface area contributed by atoms with Gasteiger partial charge in [0.15, 0.2) is 4.34 Å². The minimum absolute atomic E-state index is 0.256. The summed E-state index contributed by atoms with van der Waals surface area (Å²) < 4.78 is 0.894. The molecule has 0 aliphatic heterocycles. The van der Waals surface area contributed by atoms with Gasteiger partial charge in [0, 0.05) is 15.7 Å². The number of nitrogens with two attached hydrogens (primary N) is 1. The maximum atomic E-state index is 10.8. The van der Waals surface area contributed by atoms with Crippen LogP contribution in [0.5, 0.6) is 0 Å². The van der Waals surface area contributed by atoms with Gasteiger partial charge in [0.2, 0.25) is 5.91 Å². The first-order chi connectivity index (χ1) is 6.99. The summed E-state index contributed by atoms with van der Waals surface area (Å²) in [6.45, 7) is 5.46. The molecule has 0 fully saturated rings. The fraction of sp³-hybridized carbons (Fsp3) is 0.333. The van der Waals surface area contributed by atoms with Gasteiger partial charge in [-0.1, -0.05) is 29.9 Å². The van der Waals surface area contributed by atoms with E-state index in [1.807, 2.05) is 6.92 Å². The van der Waals surface area contributed by atoms with Gasteiger partial charge < -0.3 is 5.73 Å². The van der Waals surface area contributed by atoms with Crippen molar-refractivity contribution in [2.75, 3.05) is 5.75 Å². The summed E-state index contributed by atoms with van der Waals surface area (Å²) in [6.07, 6.45) is 0.256. The van der Waals surface area contributed by atoms with Crippen LogP contribution in [0.15, 0.2) is 16.0 Å². The Hall–Kier alpha value is -0.520. The highest BCUT2D eigenvalue weighted by atomic mass is 35.5. The van der Waals surface area contributed by atoms with Crippen LogP contribution in [0, 0.1) is 6.92 Å². The Balaban J connectivity index is 2.68. The van der Waals surface area contributed by atoms with Gasteiger partial charge >= 0.3 is 0 Å². The second kappa shape index (κ2) is 5.53. The standard InChI is InChI=1S/C9H11ClN2OS2/c1-5(10)4-14-9-12-6(2)7(15-9)3-8(11)13/h1,3-4H2,2H3,(H2,11,13). The summed E-state index contributed by atoms with van der Waals surface area (Å²) in [4.78, 5) is 16.0. The molecular weight excluding hydrogens is 252 g/mol. The molecule has 0 aromatic carbocycles. The quantitative estimate of drug-likeness (QED) is 0.829. The van der Waals surface area contributed by atoms with Crippen molar-refractivity contribution in [1.82, 2.24) is 4.98 Å². The van der Waals surface area contributed by atoms with Crippen molar-refractivity contribution < 1.29 is 4.79 Å². The Bertz CT molecular complexity index is 389. The van der Waals surface area contributed by atoms with Gasteiger partial charge in [0.25, 0.3) is 0 Å². The third kappa shape index (κ3) is 4.24. The lowest BCUT2D eigenvalue weighted by Crippen LogP contribution is -2.13. The zero-order valence-electron chi connectivity index (χ0n) is 8.25. The summed E-state index contributed by atoms with van der Waals surface area (Å²) >= 11 is 8.64. The lowest BCUT2D eigenvalue weighted by molar-refractivity contribution is -0.117. The van der Waals surface area contributed by atoms with E-state index in [1.54, 1.807) is 0 Å². The van der Waals surface area contributed by atoms with E-state index in [9.17, 15) is 4.79 Å². The number of hydrogen-bond donors (Lipinski definition) is 1. The van der Waals surface area contributed by atoms with Crippen LogP contribution in [0.2, 0.25) is 0 Å². The summed E-state index contributed by atoms with van der Waals surface area (Å²) in [5, 5.41) is 0.587. The van der Waals surface area contributed by atoms with Crippen LogP contribution < -0.4 is 5.73 Å². The van der Waals surface area contributed by atoms with Crippen LogP contribution in [-0.4, -0.2) is 16.6 Å². The number of halogens is 1. The maximum Gasteiger partial charge on any atom is 0.222 e. The largest absolute Gasteiger partial charge is 0.369 e. The van der Waals surface area contributed by atoms with Gasteiger partial charge in [-0.05, 0) is 6.92 Å². The molecule has 1 aromatic heterocycles. The number of rotatable bonds is 5. The predicted molar refractivity (Wildman–Crippen MR) is 65.5 cm³/mol. The molecule has 6 heteroatoms. The van der Waals surface area contributed by atoms with E-state index in [0.29, 0.717) is 10.8 Å². The van der Waals surface area contributed by atoms with Crippen LogP contribution in [-0.2, 0) is 11.2 Å². The minimum Gasteiger partial charge on any atom is -0.369 e. The second-order valence-corrected chi connectivity index (χ2v) is 5.78. The van der Waals surface area contributed by atoms with Gasteiger partial charge in [-0.15, -0.1) is 11.3 Å². The Morgan fingerprint density at radius 1 is 1.73 bits per heavy atom.